The lowest BCUT2D eigenvalue weighted by atomic mass is 9.57. The number of benzene rings is 2. The molecule has 0 spiro atoms. The summed E-state index contributed by atoms with van der Waals surface area (Å²) < 4.78 is 0. The van der Waals surface area contributed by atoms with Crippen LogP contribution in [0.25, 0.3) is 0 Å². The molecule has 0 aromatic heterocycles. The summed E-state index contributed by atoms with van der Waals surface area (Å²) in [5.41, 5.74) is 2.76. The lowest BCUT2D eigenvalue weighted by Gasteiger charge is -2.45. The van der Waals surface area contributed by atoms with Crippen molar-refractivity contribution in [3.05, 3.63) is 71.8 Å². The van der Waals surface area contributed by atoms with Gasteiger partial charge in [-0.3, -0.25) is 4.79 Å². The van der Waals surface area contributed by atoms with E-state index in [9.17, 15) is 4.79 Å². The molecule has 25 heavy (non-hydrogen) atoms. The van der Waals surface area contributed by atoms with Gasteiger partial charge >= 0.3 is 0 Å². The summed E-state index contributed by atoms with van der Waals surface area (Å²) in [7, 11) is 0. The van der Waals surface area contributed by atoms with E-state index in [0.717, 1.165) is 19.3 Å². The molecule has 0 bridgehead atoms. The maximum Gasteiger partial charge on any atom is 0.133 e. The van der Waals surface area contributed by atoms with Crippen molar-refractivity contribution in [1.29, 1.82) is 0 Å². The summed E-state index contributed by atoms with van der Waals surface area (Å²) in [6, 6.07) is 21.8. The van der Waals surface area contributed by atoms with Crippen LogP contribution >= 0.6 is 0 Å². The summed E-state index contributed by atoms with van der Waals surface area (Å²) in [6.45, 7) is 2.25. The Bertz CT molecular complexity index is 620. The Hall–Kier alpha value is -1.89. The van der Waals surface area contributed by atoms with Gasteiger partial charge in [0.1, 0.15) is 5.78 Å². The monoisotopic (exact) mass is 334 g/mol. The van der Waals surface area contributed by atoms with Gasteiger partial charge in [-0.1, -0.05) is 93.3 Å². The number of unbranched alkanes of at least 4 members (excludes halogenated alkanes) is 3. The number of carbonyl (C=O) groups excluding carboxylic acids is 1. The Kier molecular flexibility index (Phi) is 6.07. The molecule has 1 nitrogen and oxygen atoms in total. The fraction of sp³-hybridized carbons (Fsp3) is 0.458. The van der Waals surface area contributed by atoms with Crippen molar-refractivity contribution >= 4 is 5.78 Å². The minimum absolute atomic E-state index is 0.0113. The smallest absolute Gasteiger partial charge is 0.133 e. The molecule has 0 heterocycles. The molecular weight excluding hydrogens is 304 g/mol. The molecule has 1 fully saturated rings. The van der Waals surface area contributed by atoms with Crippen LogP contribution in [0.2, 0.25) is 0 Å². The van der Waals surface area contributed by atoms with Crippen molar-refractivity contribution in [2.45, 2.75) is 63.7 Å². The second kappa shape index (κ2) is 8.47. The molecule has 1 unspecified atom stereocenters. The van der Waals surface area contributed by atoms with Crippen molar-refractivity contribution in [3.8, 4) is 0 Å². The lowest BCUT2D eigenvalue weighted by molar-refractivity contribution is -0.123. The van der Waals surface area contributed by atoms with Gasteiger partial charge in [0, 0.05) is 18.3 Å². The molecule has 0 radical (unpaired) electrons. The zero-order valence-corrected chi connectivity index (χ0v) is 15.4. The molecule has 132 valence electrons. The first kappa shape index (κ1) is 17.9. The van der Waals surface area contributed by atoms with Crippen molar-refractivity contribution < 1.29 is 4.79 Å². The maximum absolute atomic E-state index is 12.3. The lowest BCUT2D eigenvalue weighted by Crippen LogP contribution is -2.42. The number of ketones is 1. The molecular formula is C24H30O. The first-order chi connectivity index (χ1) is 12.3. The fourth-order valence-corrected chi connectivity index (χ4v) is 4.66. The standard InChI is InChI=1S/C24H30O/c1-2-3-4-7-16-22-19-23(25)17-18-24(22,20-12-8-5-9-13-20)21-14-10-6-11-15-21/h5-6,8-15,22H,2-4,7,16-19H2,1H3. The summed E-state index contributed by atoms with van der Waals surface area (Å²) >= 11 is 0. The van der Waals surface area contributed by atoms with Crippen LogP contribution in [0.4, 0.5) is 0 Å². The Balaban J connectivity index is 1.99. The average molecular weight is 335 g/mol. The predicted octanol–water partition coefficient (Wildman–Crippen LogP) is 6.31. The first-order valence-electron chi connectivity index (χ1n) is 9.90. The molecule has 1 aliphatic carbocycles. The van der Waals surface area contributed by atoms with Gasteiger partial charge in [0.05, 0.1) is 0 Å². The van der Waals surface area contributed by atoms with Gasteiger partial charge in [0.25, 0.3) is 0 Å². The summed E-state index contributed by atoms with van der Waals surface area (Å²) in [5.74, 6) is 0.860. The van der Waals surface area contributed by atoms with Gasteiger partial charge in [-0.25, -0.2) is 0 Å². The molecule has 1 saturated carbocycles. The van der Waals surface area contributed by atoms with Crippen molar-refractivity contribution in [2.75, 3.05) is 0 Å². The third-order valence-electron chi connectivity index (χ3n) is 5.95. The highest BCUT2D eigenvalue weighted by atomic mass is 16.1. The molecule has 2 aromatic rings. The van der Waals surface area contributed by atoms with Crippen LogP contribution in [0.15, 0.2) is 60.7 Å². The summed E-state index contributed by atoms with van der Waals surface area (Å²) in [5, 5.41) is 0. The van der Waals surface area contributed by atoms with E-state index in [1.165, 1.54) is 36.8 Å². The minimum atomic E-state index is -0.0113. The van der Waals surface area contributed by atoms with Crippen LogP contribution in [0.1, 0.15) is 69.4 Å². The van der Waals surface area contributed by atoms with E-state index in [4.69, 9.17) is 0 Å². The van der Waals surface area contributed by atoms with Crippen molar-refractivity contribution in [2.24, 2.45) is 5.92 Å². The van der Waals surface area contributed by atoms with Gasteiger partial charge in [0.2, 0.25) is 0 Å². The quantitative estimate of drug-likeness (QED) is 0.542. The van der Waals surface area contributed by atoms with Crippen LogP contribution in [-0.4, -0.2) is 5.78 Å². The van der Waals surface area contributed by atoms with Crippen LogP contribution in [-0.2, 0) is 10.2 Å². The van der Waals surface area contributed by atoms with Crippen molar-refractivity contribution in [1.82, 2.24) is 0 Å². The van der Waals surface area contributed by atoms with E-state index in [0.29, 0.717) is 18.1 Å². The van der Waals surface area contributed by atoms with E-state index < -0.39 is 0 Å². The molecule has 0 amide bonds. The number of hydrogen-bond acceptors (Lipinski definition) is 1. The third kappa shape index (κ3) is 3.86. The number of carbonyl (C=O) groups is 1. The minimum Gasteiger partial charge on any atom is -0.300 e. The van der Waals surface area contributed by atoms with E-state index in [-0.39, 0.29) is 5.41 Å². The summed E-state index contributed by atoms with van der Waals surface area (Å²) in [6.07, 6.45) is 8.59. The van der Waals surface area contributed by atoms with Gasteiger partial charge in [0.15, 0.2) is 0 Å². The third-order valence-corrected chi connectivity index (χ3v) is 5.95. The molecule has 1 heteroatoms. The summed E-state index contributed by atoms with van der Waals surface area (Å²) in [4.78, 5) is 12.3. The maximum atomic E-state index is 12.3. The Morgan fingerprint density at radius 1 is 0.880 bits per heavy atom. The highest BCUT2D eigenvalue weighted by Gasteiger charge is 2.45. The molecule has 1 atom stereocenters. The van der Waals surface area contributed by atoms with Gasteiger partial charge in [-0.05, 0) is 29.9 Å². The number of hydrogen-bond donors (Lipinski definition) is 0. The van der Waals surface area contributed by atoms with Crippen LogP contribution < -0.4 is 0 Å². The Morgan fingerprint density at radius 3 is 2.04 bits per heavy atom. The van der Waals surface area contributed by atoms with Crippen LogP contribution in [0.5, 0.6) is 0 Å². The molecule has 2 aromatic carbocycles. The Morgan fingerprint density at radius 2 is 1.48 bits per heavy atom. The number of Topliss-reactive ketones (excluding diaryl/α,β-unsaturated/α-hetero) is 1. The predicted molar refractivity (Wildman–Crippen MR) is 105 cm³/mol. The first-order valence-corrected chi connectivity index (χ1v) is 9.90. The van der Waals surface area contributed by atoms with Gasteiger partial charge < -0.3 is 0 Å². The molecule has 0 N–H and O–H groups in total. The van der Waals surface area contributed by atoms with Gasteiger partial charge in [-0.15, -0.1) is 0 Å². The molecule has 0 aliphatic heterocycles. The zero-order chi connectivity index (χ0) is 17.5. The van der Waals surface area contributed by atoms with E-state index in [1.54, 1.807) is 0 Å². The SMILES string of the molecule is CCCCCCC1CC(=O)CCC1(c1ccccc1)c1ccccc1. The molecule has 1 aliphatic rings. The van der Waals surface area contributed by atoms with Crippen LogP contribution in [0.3, 0.4) is 0 Å². The highest BCUT2D eigenvalue weighted by Crippen LogP contribution is 2.49. The van der Waals surface area contributed by atoms with Crippen molar-refractivity contribution in [3.63, 3.8) is 0 Å². The molecule has 3 rings (SSSR count). The van der Waals surface area contributed by atoms with Crippen LogP contribution in [0, 0.1) is 5.92 Å². The second-order valence-electron chi connectivity index (χ2n) is 7.49. The number of rotatable bonds is 7. The van der Waals surface area contributed by atoms with E-state index in [2.05, 4.69) is 67.6 Å². The van der Waals surface area contributed by atoms with Gasteiger partial charge in [-0.2, -0.15) is 0 Å². The normalized spacial score (nSPS) is 19.7. The highest BCUT2D eigenvalue weighted by molar-refractivity contribution is 5.80. The zero-order valence-electron chi connectivity index (χ0n) is 15.4. The average Bonchev–Trinajstić information content (AvgIpc) is 2.67. The fourth-order valence-electron chi connectivity index (χ4n) is 4.66. The van der Waals surface area contributed by atoms with E-state index in [1.807, 2.05) is 0 Å². The topological polar surface area (TPSA) is 17.1 Å². The Labute approximate surface area is 152 Å². The largest absolute Gasteiger partial charge is 0.300 e. The molecule has 0 saturated heterocycles. The second-order valence-corrected chi connectivity index (χ2v) is 7.49. The van der Waals surface area contributed by atoms with E-state index >= 15 is 0 Å².